The minimum absolute atomic E-state index is 1.10. The molecule has 0 unspecified atom stereocenters. The maximum atomic E-state index is 2.88. The second-order valence-electron chi connectivity index (χ2n) is 0.793. The summed E-state index contributed by atoms with van der Waals surface area (Å²) in [6.45, 7) is 0. The fourth-order valence-electron chi connectivity index (χ4n) is 0.205. The Morgan fingerprint density at radius 3 is 3.00 bits per heavy atom. The Balaban J connectivity index is 2.26. The van der Waals surface area contributed by atoms with Gasteiger partial charge in [0.1, 0.15) is 0 Å². The lowest BCUT2D eigenvalue weighted by atomic mass is 11.1. The van der Waals surface area contributed by atoms with Gasteiger partial charge in [0.15, 0.2) is 0 Å². The van der Waals surface area contributed by atoms with Crippen LogP contribution in [0.15, 0.2) is 5.41 Å². The zero-order chi connectivity index (χ0) is 4.24. The summed E-state index contributed by atoms with van der Waals surface area (Å²) in [6.07, 6.45) is 2.84. The van der Waals surface area contributed by atoms with E-state index >= 15 is 0 Å². The summed E-state index contributed by atoms with van der Waals surface area (Å²) in [7, 11) is 0. The van der Waals surface area contributed by atoms with Gasteiger partial charge in [-0.1, -0.05) is 0 Å². The number of nitrogens with one attached hydrogen (secondary N) is 1. The van der Waals surface area contributed by atoms with Gasteiger partial charge in [0.05, 0.1) is 11.3 Å². The summed E-state index contributed by atoms with van der Waals surface area (Å²) in [6, 6.07) is 0. The summed E-state index contributed by atoms with van der Waals surface area (Å²) in [5, 5.41) is 3.03. The van der Waals surface area contributed by atoms with Crippen LogP contribution >= 0.6 is 23.7 Å². The molecule has 1 rings (SSSR count). The van der Waals surface area contributed by atoms with Crippen molar-refractivity contribution in [3.8, 4) is 0 Å². The molecular weight excluding hydrogens is 114 g/mol. The molecule has 6 heavy (non-hydrogen) atoms. The average Bonchev–Trinajstić information content (AvgIpc) is 1.72. The van der Waals surface area contributed by atoms with Crippen molar-refractivity contribution in [3.05, 3.63) is 11.6 Å². The van der Waals surface area contributed by atoms with E-state index in [-0.39, 0.29) is 0 Å². The molecule has 3 heteroatoms. The second kappa shape index (κ2) is 2.42. The Morgan fingerprint density at radius 2 is 2.83 bits per heavy atom. The Morgan fingerprint density at radius 1 is 1.83 bits per heavy atom. The molecule has 0 saturated carbocycles. The van der Waals surface area contributed by atoms with Crippen molar-refractivity contribution in [2.24, 2.45) is 0 Å². The molecule has 33 valence electrons. The number of hydrogen-bond acceptors (Lipinski definition) is 3. The molecule has 0 atom stereocenters. The van der Waals surface area contributed by atoms with Gasteiger partial charge in [0.25, 0.3) is 0 Å². The highest BCUT2D eigenvalue weighted by atomic mass is 32.2. The third-order valence-corrected chi connectivity index (χ3v) is 1.96. The van der Waals surface area contributed by atoms with Gasteiger partial charge in [-0.3, -0.25) is 0 Å². The molecule has 1 nitrogen and oxygen atoms in total. The van der Waals surface area contributed by atoms with Crippen LogP contribution in [0, 0.1) is 6.20 Å². The van der Waals surface area contributed by atoms with Crippen molar-refractivity contribution in [2.75, 3.05) is 5.08 Å². The number of thioether (sulfide) groups is 1. The van der Waals surface area contributed by atoms with E-state index in [4.69, 9.17) is 0 Å². The topological polar surface area (TPSA) is 12.0 Å². The maximum Gasteiger partial charge on any atom is 0.0753 e. The Bertz CT molecular complexity index is 53.8. The van der Waals surface area contributed by atoms with Crippen LogP contribution < -0.4 is 4.72 Å². The van der Waals surface area contributed by atoms with Crippen LogP contribution in [0.25, 0.3) is 0 Å². The number of hydrogen-bond donors (Lipinski definition) is 1. The lowest BCUT2D eigenvalue weighted by Crippen LogP contribution is -1.94. The standard InChI is InChI=1S/C3H4NS2/c1-2-5-3-6-4-1/h2,4H,3H2. The third kappa shape index (κ3) is 1.14. The van der Waals surface area contributed by atoms with Crippen molar-refractivity contribution in [3.63, 3.8) is 0 Å². The monoisotopic (exact) mass is 118 g/mol. The van der Waals surface area contributed by atoms with Gasteiger partial charge >= 0.3 is 0 Å². The predicted molar refractivity (Wildman–Crippen MR) is 31.0 cm³/mol. The molecule has 1 N–H and O–H groups in total. The summed E-state index contributed by atoms with van der Waals surface area (Å²) in [5.74, 6) is 0. The summed E-state index contributed by atoms with van der Waals surface area (Å²) in [5.41, 5.74) is 0. The van der Waals surface area contributed by atoms with E-state index < -0.39 is 0 Å². The molecule has 0 saturated heterocycles. The van der Waals surface area contributed by atoms with Crippen LogP contribution in [0.5, 0.6) is 0 Å². The lowest BCUT2D eigenvalue weighted by molar-refractivity contribution is 1.36. The summed E-state index contributed by atoms with van der Waals surface area (Å²) in [4.78, 5) is 0. The van der Waals surface area contributed by atoms with Gasteiger partial charge in [0, 0.05) is 0 Å². The number of rotatable bonds is 0. The quantitative estimate of drug-likeness (QED) is 0.480. The smallest absolute Gasteiger partial charge is 0.0753 e. The van der Waals surface area contributed by atoms with Crippen molar-refractivity contribution >= 4 is 23.7 Å². The van der Waals surface area contributed by atoms with Gasteiger partial charge in [-0.25, -0.2) is 0 Å². The van der Waals surface area contributed by atoms with E-state index in [0.717, 1.165) is 5.08 Å². The van der Waals surface area contributed by atoms with Crippen LogP contribution in [-0.2, 0) is 0 Å². The van der Waals surface area contributed by atoms with Crippen molar-refractivity contribution in [2.45, 2.75) is 0 Å². The van der Waals surface area contributed by atoms with Crippen molar-refractivity contribution in [1.82, 2.24) is 4.72 Å². The van der Waals surface area contributed by atoms with E-state index in [1.807, 2.05) is 5.41 Å². The van der Waals surface area contributed by atoms with E-state index in [9.17, 15) is 0 Å². The molecule has 0 aromatic carbocycles. The van der Waals surface area contributed by atoms with Crippen molar-refractivity contribution in [1.29, 1.82) is 0 Å². The lowest BCUT2D eigenvalue weighted by Gasteiger charge is -1.99. The van der Waals surface area contributed by atoms with Crippen LogP contribution in [0.1, 0.15) is 0 Å². The summed E-state index contributed by atoms with van der Waals surface area (Å²) < 4.78 is 2.88. The first-order chi connectivity index (χ1) is 3.00. The van der Waals surface area contributed by atoms with Crippen molar-refractivity contribution < 1.29 is 0 Å². The largest absolute Gasteiger partial charge is 0.327 e. The molecule has 1 aliphatic rings. The van der Waals surface area contributed by atoms with Crippen LogP contribution in [-0.4, -0.2) is 5.08 Å². The minimum Gasteiger partial charge on any atom is -0.327 e. The molecule has 1 aliphatic heterocycles. The zero-order valence-corrected chi connectivity index (χ0v) is 4.73. The fraction of sp³-hybridized carbons (Fsp3) is 0.333. The van der Waals surface area contributed by atoms with Gasteiger partial charge in [-0.15, -0.1) is 11.8 Å². The predicted octanol–water partition coefficient (Wildman–Crippen LogP) is 1.20. The Hall–Kier alpha value is 0.240. The SMILES string of the molecule is [C]1=CSCSN1. The highest BCUT2D eigenvalue weighted by Gasteiger charge is 1.86. The molecule has 0 bridgehead atoms. The Kier molecular flexibility index (Phi) is 1.77. The molecule has 0 spiro atoms. The van der Waals surface area contributed by atoms with Gasteiger partial charge in [-0.2, -0.15) is 0 Å². The molecule has 0 amide bonds. The van der Waals surface area contributed by atoms with Gasteiger partial charge in [0.2, 0.25) is 0 Å². The molecule has 0 fully saturated rings. The maximum absolute atomic E-state index is 2.88. The molecule has 1 heterocycles. The van der Waals surface area contributed by atoms with Crippen LogP contribution in [0.4, 0.5) is 0 Å². The van der Waals surface area contributed by atoms with E-state index in [2.05, 4.69) is 10.9 Å². The molecule has 0 aliphatic carbocycles. The zero-order valence-electron chi connectivity index (χ0n) is 3.10. The first-order valence-electron chi connectivity index (χ1n) is 1.56. The van der Waals surface area contributed by atoms with E-state index in [1.165, 1.54) is 0 Å². The second-order valence-corrected chi connectivity index (χ2v) is 2.80. The summed E-state index contributed by atoms with van der Waals surface area (Å²) >= 11 is 3.42. The molecule has 1 radical (unpaired) electrons. The van der Waals surface area contributed by atoms with Crippen LogP contribution in [0.3, 0.4) is 0 Å². The molecule has 0 aromatic rings. The highest BCUT2D eigenvalue weighted by Crippen LogP contribution is 2.12. The van der Waals surface area contributed by atoms with Gasteiger partial charge in [-0.05, 0) is 17.4 Å². The minimum atomic E-state index is 1.10. The van der Waals surface area contributed by atoms with Crippen LogP contribution in [0.2, 0.25) is 0 Å². The Labute approximate surface area is 45.7 Å². The highest BCUT2D eigenvalue weighted by molar-refractivity contribution is 8.17. The molecule has 0 aromatic heterocycles. The third-order valence-electron chi connectivity index (χ3n) is 0.400. The fourth-order valence-corrected chi connectivity index (χ4v) is 1.34. The van der Waals surface area contributed by atoms with Gasteiger partial charge < -0.3 is 4.72 Å². The first kappa shape index (κ1) is 4.40. The average molecular weight is 118 g/mol. The first-order valence-corrected chi connectivity index (χ1v) is 3.59. The normalized spacial score (nSPS) is 20.0. The molecular formula is C3H4NS2. The van der Waals surface area contributed by atoms with E-state index in [0.29, 0.717) is 0 Å². The van der Waals surface area contributed by atoms with E-state index in [1.54, 1.807) is 23.7 Å².